The van der Waals surface area contributed by atoms with Gasteiger partial charge in [-0.25, -0.2) is 8.42 Å². The van der Waals surface area contributed by atoms with Crippen LogP contribution in [0.5, 0.6) is 0 Å². The third kappa shape index (κ3) is 3.01. The molecule has 5 rings (SSSR count). The van der Waals surface area contributed by atoms with Crippen LogP contribution in [0, 0.1) is 5.41 Å². The predicted octanol–water partition coefficient (Wildman–Crippen LogP) is 1.74. The van der Waals surface area contributed by atoms with Crippen LogP contribution in [0.25, 0.3) is 22.0 Å². The monoisotopic (exact) mass is 417 g/mol. The van der Waals surface area contributed by atoms with Gasteiger partial charge in [-0.1, -0.05) is 0 Å². The fourth-order valence-corrected chi connectivity index (χ4v) is 4.73. The summed E-state index contributed by atoms with van der Waals surface area (Å²) in [5.41, 5.74) is 2.02. The highest BCUT2D eigenvalue weighted by molar-refractivity contribution is 7.92. The zero-order valence-electron chi connectivity index (χ0n) is 18.7. The Labute approximate surface area is 172 Å². The quantitative estimate of drug-likeness (QED) is 0.674. The Balaban J connectivity index is 1.71. The summed E-state index contributed by atoms with van der Waals surface area (Å²) in [7, 11) is -3.52. The Bertz CT molecular complexity index is 1380. The molecule has 2 N–H and O–H groups in total. The molecule has 4 heterocycles. The van der Waals surface area contributed by atoms with Gasteiger partial charge in [0.2, 0.25) is 10.0 Å². The number of aryl methyl sites for hydroxylation is 1. The lowest BCUT2D eigenvalue weighted by Gasteiger charge is -2.56. The first-order valence-electron chi connectivity index (χ1n) is 10.6. The number of aromatic nitrogens is 2. The highest BCUT2D eigenvalue weighted by Gasteiger charge is 2.49. The molecule has 0 amide bonds. The average Bonchev–Trinajstić information content (AvgIpc) is 3.09. The van der Waals surface area contributed by atoms with Gasteiger partial charge >= 0.3 is 0 Å². The summed E-state index contributed by atoms with van der Waals surface area (Å²) < 4.78 is 55.6. The molecule has 0 radical (unpaired) electrons. The molecule has 3 aromatic rings. The van der Waals surface area contributed by atoms with Crippen molar-refractivity contribution in [3.63, 3.8) is 0 Å². The summed E-state index contributed by atoms with van der Waals surface area (Å²) in [6.07, 6.45) is 3.98. The molecule has 0 bridgehead atoms. The van der Waals surface area contributed by atoms with E-state index in [1.807, 2.05) is 6.07 Å². The second-order valence-corrected chi connectivity index (χ2v) is 9.69. The molecular formula is C20H22N4O4S. The number of hydrogen-bond donors (Lipinski definition) is 2. The maximum Gasteiger partial charge on any atom is 0.274 e. The molecule has 0 saturated carbocycles. The van der Waals surface area contributed by atoms with E-state index in [9.17, 15) is 13.2 Å². The minimum Gasteiger partial charge on any atom is -0.380 e. The van der Waals surface area contributed by atoms with Crippen LogP contribution in [-0.2, 0) is 21.7 Å². The van der Waals surface area contributed by atoms with Crippen LogP contribution in [0.2, 0.25) is 0 Å². The topological polar surface area (TPSA) is 96.4 Å². The van der Waals surface area contributed by atoms with Crippen molar-refractivity contribution >= 4 is 32.3 Å². The lowest BCUT2D eigenvalue weighted by molar-refractivity contribution is -0.127. The lowest BCUT2D eigenvalue weighted by Crippen LogP contribution is -2.66. The molecule has 2 fully saturated rings. The summed E-state index contributed by atoms with van der Waals surface area (Å²) in [6.45, 7) is 0.317. The number of nitrogens with one attached hydrogen (secondary N) is 2. The molecule has 29 heavy (non-hydrogen) atoms. The van der Waals surface area contributed by atoms with Crippen LogP contribution in [0.15, 0.2) is 41.5 Å². The maximum atomic E-state index is 12.7. The number of fused-ring (bicyclic) bond motifs is 1. The zero-order valence-corrected chi connectivity index (χ0v) is 16.5. The van der Waals surface area contributed by atoms with Gasteiger partial charge in [0.15, 0.2) is 0 Å². The minimum atomic E-state index is -3.52. The number of rotatable bonds is 4. The third-order valence-electron chi connectivity index (χ3n) is 5.53. The summed E-state index contributed by atoms with van der Waals surface area (Å²) in [5, 5.41) is 0.565. The van der Waals surface area contributed by atoms with Gasteiger partial charge in [-0.05, 0) is 24.3 Å². The number of anilines is 2. The average molecular weight is 418 g/mol. The van der Waals surface area contributed by atoms with Crippen molar-refractivity contribution in [2.45, 2.75) is 0 Å². The van der Waals surface area contributed by atoms with Crippen LogP contribution in [-0.4, -0.2) is 50.5 Å². The molecule has 0 aliphatic carbocycles. The van der Waals surface area contributed by atoms with Crippen molar-refractivity contribution < 1.29 is 17.3 Å². The van der Waals surface area contributed by atoms with Crippen molar-refractivity contribution in [1.82, 2.24) is 9.55 Å². The number of benzene rings is 1. The lowest BCUT2D eigenvalue weighted by atomic mass is 9.77. The molecular weight excluding hydrogens is 392 g/mol. The van der Waals surface area contributed by atoms with Crippen LogP contribution in [0.4, 0.5) is 11.4 Å². The SMILES string of the molecule is [2H]C([2H])([2H])n1cc(-c2cc(NS(C)(=O)=O)ccc2N2CC3(COC3)C2)c2cc[nH]c2c1=O. The molecule has 1 spiro atoms. The number of aromatic amines is 1. The Hall–Kier alpha value is -2.78. The van der Waals surface area contributed by atoms with Gasteiger partial charge in [0.05, 0.1) is 24.9 Å². The van der Waals surface area contributed by atoms with E-state index in [0.717, 1.165) is 29.6 Å². The predicted molar refractivity (Wildman–Crippen MR) is 113 cm³/mol. The number of pyridine rings is 1. The fourth-order valence-electron chi connectivity index (χ4n) is 4.18. The van der Waals surface area contributed by atoms with Gasteiger partial charge in [-0.15, -0.1) is 0 Å². The van der Waals surface area contributed by atoms with Gasteiger partial charge in [0, 0.05) is 64.5 Å². The second kappa shape index (κ2) is 6.11. The Morgan fingerprint density at radius 2 is 2.03 bits per heavy atom. The van der Waals surface area contributed by atoms with E-state index in [0.29, 0.717) is 35.4 Å². The van der Waals surface area contributed by atoms with Crippen molar-refractivity contribution in [2.24, 2.45) is 12.4 Å². The van der Waals surface area contributed by atoms with E-state index < -0.39 is 22.6 Å². The van der Waals surface area contributed by atoms with Crippen LogP contribution in [0.3, 0.4) is 0 Å². The van der Waals surface area contributed by atoms with E-state index in [2.05, 4.69) is 14.6 Å². The summed E-state index contributed by atoms with van der Waals surface area (Å²) in [5.74, 6) is 0. The normalized spacial score (nSPS) is 19.9. The van der Waals surface area contributed by atoms with Crippen molar-refractivity contribution in [1.29, 1.82) is 0 Å². The van der Waals surface area contributed by atoms with E-state index >= 15 is 0 Å². The molecule has 9 heteroatoms. The smallest absolute Gasteiger partial charge is 0.274 e. The molecule has 1 aromatic carbocycles. The number of ether oxygens (including phenoxy) is 1. The van der Waals surface area contributed by atoms with E-state index in [1.165, 1.54) is 6.20 Å². The summed E-state index contributed by atoms with van der Waals surface area (Å²) >= 11 is 0. The highest BCUT2D eigenvalue weighted by atomic mass is 32.2. The Kier molecular flexibility index (Phi) is 3.18. The van der Waals surface area contributed by atoms with E-state index in [-0.39, 0.29) is 10.9 Å². The summed E-state index contributed by atoms with van der Waals surface area (Å²) in [4.78, 5) is 17.8. The number of nitrogens with zero attached hydrogens (tertiary/aromatic N) is 2. The molecule has 0 unspecified atom stereocenters. The standard InChI is InChI=1S/C20H22N4O4S/c1-23-8-16(14-5-6-21-18(14)19(23)25)15-7-13(22-29(2,26)27)3-4-17(15)24-9-20(10-24)11-28-12-20/h3-8,21-22H,9-12H2,1-2H3/i1D3. The van der Waals surface area contributed by atoms with Crippen molar-refractivity contribution in [3.05, 3.63) is 47.0 Å². The molecule has 2 saturated heterocycles. The molecule has 0 atom stereocenters. The van der Waals surface area contributed by atoms with Crippen LogP contribution < -0.4 is 15.2 Å². The van der Waals surface area contributed by atoms with E-state index in [1.54, 1.807) is 24.4 Å². The van der Waals surface area contributed by atoms with E-state index in [4.69, 9.17) is 8.85 Å². The first kappa shape index (κ1) is 15.1. The Morgan fingerprint density at radius 1 is 1.24 bits per heavy atom. The van der Waals surface area contributed by atoms with Crippen molar-refractivity contribution in [3.8, 4) is 11.1 Å². The maximum absolute atomic E-state index is 12.7. The third-order valence-corrected chi connectivity index (χ3v) is 6.13. The van der Waals surface area contributed by atoms with Gasteiger partial charge in [0.1, 0.15) is 5.52 Å². The molecule has 8 nitrogen and oxygen atoms in total. The Morgan fingerprint density at radius 3 is 2.69 bits per heavy atom. The molecule has 2 aliphatic rings. The van der Waals surface area contributed by atoms with Gasteiger partial charge in [-0.2, -0.15) is 0 Å². The largest absolute Gasteiger partial charge is 0.380 e. The molecule has 2 aliphatic heterocycles. The summed E-state index contributed by atoms with van der Waals surface area (Å²) in [6, 6.07) is 6.89. The van der Waals surface area contributed by atoms with Gasteiger partial charge in [-0.3, -0.25) is 9.52 Å². The fraction of sp³-hybridized carbons (Fsp3) is 0.350. The van der Waals surface area contributed by atoms with Crippen LogP contribution >= 0.6 is 0 Å². The number of H-pyrrole nitrogens is 1. The van der Waals surface area contributed by atoms with Gasteiger partial charge in [0.25, 0.3) is 5.56 Å². The minimum absolute atomic E-state index is 0.141. The highest BCUT2D eigenvalue weighted by Crippen LogP contribution is 2.45. The van der Waals surface area contributed by atoms with Gasteiger partial charge < -0.3 is 19.2 Å². The first-order valence-corrected chi connectivity index (χ1v) is 11.0. The number of hydrogen-bond acceptors (Lipinski definition) is 5. The first-order chi connectivity index (χ1) is 15.0. The second-order valence-electron chi connectivity index (χ2n) is 7.94. The number of sulfonamides is 1. The molecule has 2 aromatic heterocycles. The van der Waals surface area contributed by atoms with Crippen molar-refractivity contribution in [2.75, 3.05) is 42.2 Å². The molecule has 152 valence electrons. The zero-order chi connectivity index (χ0) is 22.9. The van der Waals surface area contributed by atoms with Crippen LogP contribution in [0.1, 0.15) is 4.11 Å².